The predicted molar refractivity (Wildman–Crippen MR) is 75.7 cm³/mol. The van der Waals surface area contributed by atoms with Crippen molar-refractivity contribution in [3.05, 3.63) is 17.5 Å². The van der Waals surface area contributed by atoms with Crippen LogP contribution in [0.25, 0.3) is 0 Å². The molecule has 0 spiro atoms. The summed E-state index contributed by atoms with van der Waals surface area (Å²) in [6, 6.07) is 2.07. The van der Waals surface area contributed by atoms with Gasteiger partial charge in [-0.05, 0) is 6.54 Å². The summed E-state index contributed by atoms with van der Waals surface area (Å²) in [5, 5.41) is 8.76. The molecule has 0 aliphatic carbocycles. The maximum Gasteiger partial charge on any atom is 0.151 e. The van der Waals surface area contributed by atoms with Crippen LogP contribution in [0.2, 0.25) is 0 Å². The number of thioether (sulfide) groups is 1. The molecule has 1 aliphatic rings. The highest BCUT2D eigenvalue weighted by Crippen LogP contribution is 2.25. The predicted octanol–water partition coefficient (Wildman–Crippen LogP) is 2.11. The molecule has 2 rings (SSSR count). The van der Waals surface area contributed by atoms with Crippen molar-refractivity contribution in [2.75, 3.05) is 19.6 Å². The van der Waals surface area contributed by atoms with Crippen molar-refractivity contribution >= 4 is 11.8 Å². The Bertz CT molecular complexity index is 359. The van der Waals surface area contributed by atoms with E-state index in [0.29, 0.717) is 10.5 Å². The molecular formula is C13H23N3OS. The molecule has 2 atom stereocenters. The Morgan fingerprint density at radius 2 is 2.17 bits per heavy atom. The van der Waals surface area contributed by atoms with E-state index in [1.807, 2.05) is 0 Å². The average molecular weight is 269 g/mol. The van der Waals surface area contributed by atoms with Gasteiger partial charge in [0.2, 0.25) is 0 Å². The second kappa shape index (κ2) is 6.59. The van der Waals surface area contributed by atoms with Crippen LogP contribution in [0, 0.1) is 0 Å². The van der Waals surface area contributed by atoms with E-state index in [2.05, 4.69) is 54.0 Å². The first-order chi connectivity index (χ1) is 8.67. The molecule has 4 nitrogen and oxygen atoms in total. The molecule has 2 unspecified atom stereocenters. The zero-order valence-corrected chi connectivity index (χ0v) is 12.3. The van der Waals surface area contributed by atoms with Crippen molar-refractivity contribution < 1.29 is 4.52 Å². The first kappa shape index (κ1) is 13.9. The molecule has 0 saturated carbocycles. The van der Waals surface area contributed by atoms with E-state index >= 15 is 0 Å². The minimum Gasteiger partial charge on any atom is -0.360 e. The maximum absolute atomic E-state index is 5.40. The Kier molecular flexibility index (Phi) is 5.09. The van der Waals surface area contributed by atoms with Crippen molar-refractivity contribution in [2.24, 2.45) is 0 Å². The van der Waals surface area contributed by atoms with E-state index in [1.54, 1.807) is 0 Å². The lowest BCUT2D eigenvalue weighted by Crippen LogP contribution is -2.39. The van der Waals surface area contributed by atoms with Crippen LogP contribution in [-0.2, 0) is 13.1 Å². The van der Waals surface area contributed by atoms with Crippen LogP contribution >= 0.6 is 11.8 Å². The van der Waals surface area contributed by atoms with Crippen LogP contribution in [-0.4, -0.2) is 40.2 Å². The van der Waals surface area contributed by atoms with Gasteiger partial charge in [0.25, 0.3) is 0 Å². The highest BCUT2D eigenvalue weighted by Gasteiger charge is 2.23. The third-order valence-electron chi connectivity index (χ3n) is 3.04. The zero-order valence-electron chi connectivity index (χ0n) is 11.5. The Morgan fingerprint density at radius 1 is 1.44 bits per heavy atom. The highest BCUT2D eigenvalue weighted by atomic mass is 32.2. The lowest BCUT2D eigenvalue weighted by molar-refractivity contribution is 0.228. The first-order valence-corrected chi connectivity index (χ1v) is 7.64. The fraction of sp³-hybridized carbons (Fsp3) is 0.769. The van der Waals surface area contributed by atoms with Gasteiger partial charge in [-0.1, -0.05) is 25.9 Å². The lowest BCUT2D eigenvalue weighted by Gasteiger charge is -2.33. The number of nitrogens with zero attached hydrogens (tertiary/aromatic N) is 2. The normalized spacial score (nSPS) is 25.5. The van der Waals surface area contributed by atoms with Gasteiger partial charge in [0.05, 0.1) is 12.2 Å². The molecule has 0 bridgehead atoms. The van der Waals surface area contributed by atoms with Crippen molar-refractivity contribution in [2.45, 2.75) is 44.4 Å². The van der Waals surface area contributed by atoms with E-state index in [0.717, 1.165) is 44.2 Å². The highest BCUT2D eigenvalue weighted by molar-refractivity contribution is 8.00. The Hall–Kier alpha value is -0.520. The van der Waals surface area contributed by atoms with E-state index in [4.69, 9.17) is 4.52 Å². The van der Waals surface area contributed by atoms with Crippen molar-refractivity contribution in [1.82, 2.24) is 15.4 Å². The van der Waals surface area contributed by atoms with Gasteiger partial charge in [-0.15, -0.1) is 0 Å². The van der Waals surface area contributed by atoms with Crippen LogP contribution < -0.4 is 5.32 Å². The van der Waals surface area contributed by atoms with Crippen molar-refractivity contribution in [1.29, 1.82) is 0 Å². The molecule has 1 aromatic rings. The smallest absolute Gasteiger partial charge is 0.151 e. The standard InChI is InChI=1S/C13H23N3OS/c1-4-14-6-12-5-13(17-15-12)9-16-7-10(2)18-11(3)8-16/h5,10-11,14H,4,6-9H2,1-3H3. The van der Waals surface area contributed by atoms with Gasteiger partial charge < -0.3 is 9.84 Å². The molecule has 1 fully saturated rings. The average Bonchev–Trinajstić information content (AvgIpc) is 2.72. The Labute approximate surface area is 113 Å². The van der Waals surface area contributed by atoms with Gasteiger partial charge in [0.1, 0.15) is 0 Å². The minimum atomic E-state index is 0.706. The summed E-state index contributed by atoms with van der Waals surface area (Å²) in [5.41, 5.74) is 0.999. The number of hydrogen-bond donors (Lipinski definition) is 1. The molecule has 102 valence electrons. The summed E-state index contributed by atoms with van der Waals surface area (Å²) in [5.74, 6) is 0.981. The molecule has 1 saturated heterocycles. The Balaban J connectivity index is 1.86. The molecule has 18 heavy (non-hydrogen) atoms. The van der Waals surface area contributed by atoms with E-state index in [-0.39, 0.29) is 0 Å². The molecule has 0 aromatic carbocycles. The van der Waals surface area contributed by atoms with Crippen LogP contribution in [0.5, 0.6) is 0 Å². The van der Waals surface area contributed by atoms with Gasteiger partial charge in [-0.2, -0.15) is 11.8 Å². The number of rotatable bonds is 5. The lowest BCUT2D eigenvalue weighted by atomic mass is 10.3. The molecule has 2 heterocycles. The third-order valence-corrected chi connectivity index (χ3v) is 4.27. The molecule has 0 amide bonds. The molecule has 5 heteroatoms. The second-order valence-corrected chi connectivity index (χ2v) is 6.90. The van der Waals surface area contributed by atoms with Gasteiger partial charge in [0.15, 0.2) is 5.76 Å². The minimum absolute atomic E-state index is 0.706. The SMILES string of the molecule is CCNCc1cc(CN2CC(C)SC(C)C2)on1. The fourth-order valence-corrected chi connectivity index (χ4v) is 3.79. The summed E-state index contributed by atoms with van der Waals surface area (Å²) in [4.78, 5) is 2.46. The molecule has 1 N–H and O–H groups in total. The van der Waals surface area contributed by atoms with E-state index in [9.17, 15) is 0 Å². The van der Waals surface area contributed by atoms with Gasteiger partial charge in [-0.3, -0.25) is 4.90 Å². The molecular weight excluding hydrogens is 246 g/mol. The van der Waals surface area contributed by atoms with E-state index < -0.39 is 0 Å². The van der Waals surface area contributed by atoms with Crippen molar-refractivity contribution in [3.63, 3.8) is 0 Å². The number of aromatic nitrogens is 1. The van der Waals surface area contributed by atoms with Crippen LogP contribution in [0.4, 0.5) is 0 Å². The quantitative estimate of drug-likeness (QED) is 0.886. The van der Waals surface area contributed by atoms with Crippen molar-refractivity contribution in [3.8, 4) is 0 Å². The largest absolute Gasteiger partial charge is 0.360 e. The zero-order chi connectivity index (χ0) is 13.0. The Morgan fingerprint density at radius 3 is 2.83 bits per heavy atom. The fourth-order valence-electron chi connectivity index (χ4n) is 2.40. The second-order valence-electron chi connectivity index (χ2n) is 5.02. The summed E-state index contributed by atoms with van der Waals surface area (Å²) in [6.07, 6.45) is 0. The topological polar surface area (TPSA) is 41.3 Å². The molecule has 1 aliphatic heterocycles. The van der Waals surface area contributed by atoms with Gasteiger partial charge >= 0.3 is 0 Å². The van der Waals surface area contributed by atoms with Crippen LogP contribution in [0.15, 0.2) is 10.6 Å². The third kappa shape index (κ3) is 4.00. The van der Waals surface area contributed by atoms with Crippen LogP contribution in [0.1, 0.15) is 32.2 Å². The monoisotopic (exact) mass is 269 g/mol. The summed E-state index contributed by atoms with van der Waals surface area (Å²) < 4.78 is 5.40. The van der Waals surface area contributed by atoms with E-state index in [1.165, 1.54) is 0 Å². The summed E-state index contributed by atoms with van der Waals surface area (Å²) in [7, 11) is 0. The summed E-state index contributed by atoms with van der Waals surface area (Å²) >= 11 is 2.07. The summed E-state index contributed by atoms with van der Waals surface area (Å²) in [6.45, 7) is 11.6. The maximum atomic E-state index is 5.40. The van der Waals surface area contributed by atoms with Crippen LogP contribution in [0.3, 0.4) is 0 Å². The molecule has 1 aromatic heterocycles. The first-order valence-electron chi connectivity index (χ1n) is 6.70. The number of hydrogen-bond acceptors (Lipinski definition) is 5. The number of nitrogens with one attached hydrogen (secondary N) is 1. The van der Waals surface area contributed by atoms with Gasteiger partial charge in [0, 0.05) is 36.2 Å². The van der Waals surface area contributed by atoms with Gasteiger partial charge in [-0.25, -0.2) is 0 Å². The molecule has 0 radical (unpaired) electrons.